The summed E-state index contributed by atoms with van der Waals surface area (Å²) in [6.07, 6.45) is 2.65. The number of aryl methyl sites for hydroxylation is 1. The van der Waals surface area contributed by atoms with E-state index in [1.54, 1.807) is 13.4 Å². The Bertz CT molecular complexity index is 366. The second-order valence-corrected chi connectivity index (χ2v) is 4.51. The Labute approximate surface area is 96.5 Å². The lowest BCUT2D eigenvalue weighted by Crippen LogP contribution is -2.41. The minimum atomic E-state index is -0.0519. The van der Waals surface area contributed by atoms with Crippen LogP contribution in [0.3, 0.4) is 0 Å². The molecule has 0 saturated carbocycles. The van der Waals surface area contributed by atoms with Gasteiger partial charge in [0.2, 0.25) is 0 Å². The molecule has 0 radical (unpaired) electrons. The Morgan fingerprint density at radius 2 is 2.19 bits per heavy atom. The van der Waals surface area contributed by atoms with E-state index in [-0.39, 0.29) is 5.69 Å². The molecule has 5 nitrogen and oxygen atoms in total. The summed E-state index contributed by atoms with van der Waals surface area (Å²) in [6, 6.07) is 0.299. The molecule has 0 amide bonds. The minimum Gasteiger partial charge on any atom is -0.312 e. The highest BCUT2D eigenvalue weighted by atomic mass is 16.2. The summed E-state index contributed by atoms with van der Waals surface area (Å²) in [7, 11) is 1.72. The fourth-order valence-corrected chi connectivity index (χ4v) is 1.57. The fraction of sp³-hybridized carbons (Fsp3) is 0.818. The molecule has 1 unspecified atom stereocenters. The molecular formula is C11H22N4O. The van der Waals surface area contributed by atoms with Gasteiger partial charge in [0.25, 0.3) is 0 Å². The molecule has 0 fully saturated rings. The third-order valence-corrected chi connectivity index (χ3v) is 2.72. The Balaban J connectivity index is 2.68. The molecule has 1 aromatic rings. The molecule has 0 spiro atoms. The van der Waals surface area contributed by atoms with Crippen LogP contribution >= 0.6 is 0 Å². The Morgan fingerprint density at radius 3 is 2.62 bits per heavy atom. The standard InChI is InChI=1S/C11H22N4O/c1-5-6-12-10(9(2)3)7-15-11(16)14(4)8-13-15/h8-10,12H,5-7H2,1-4H3. The summed E-state index contributed by atoms with van der Waals surface area (Å²) in [4.78, 5) is 11.6. The molecule has 0 bridgehead atoms. The van der Waals surface area contributed by atoms with E-state index in [0.717, 1.165) is 13.0 Å². The number of aromatic nitrogens is 3. The van der Waals surface area contributed by atoms with Gasteiger partial charge >= 0.3 is 5.69 Å². The zero-order chi connectivity index (χ0) is 12.1. The highest BCUT2D eigenvalue weighted by Gasteiger charge is 2.15. The molecule has 0 aromatic carbocycles. The van der Waals surface area contributed by atoms with Gasteiger partial charge < -0.3 is 5.32 Å². The van der Waals surface area contributed by atoms with Crippen LogP contribution in [0.5, 0.6) is 0 Å². The summed E-state index contributed by atoms with van der Waals surface area (Å²) >= 11 is 0. The number of rotatable bonds is 6. The average Bonchev–Trinajstić information content (AvgIpc) is 2.55. The minimum absolute atomic E-state index is 0.0519. The molecule has 0 saturated heterocycles. The molecule has 1 aromatic heterocycles. The van der Waals surface area contributed by atoms with E-state index in [1.165, 1.54) is 9.25 Å². The smallest absolute Gasteiger partial charge is 0.312 e. The van der Waals surface area contributed by atoms with Crippen LogP contribution in [0.4, 0.5) is 0 Å². The number of nitrogens with zero attached hydrogens (tertiary/aromatic N) is 3. The van der Waals surface area contributed by atoms with Gasteiger partial charge in [0.15, 0.2) is 0 Å². The van der Waals surface area contributed by atoms with Gasteiger partial charge in [0.05, 0.1) is 6.54 Å². The van der Waals surface area contributed by atoms with E-state index in [9.17, 15) is 4.79 Å². The topological polar surface area (TPSA) is 51.9 Å². The lowest BCUT2D eigenvalue weighted by atomic mass is 10.0. The fourth-order valence-electron chi connectivity index (χ4n) is 1.57. The van der Waals surface area contributed by atoms with Crippen molar-refractivity contribution in [1.82, 2.24) is 19.7 Å². The maximum absolute atomic E-state index is 11.6. The first-order valence-corrected chi connectivity index (χ1v) is 5.88. The highest BCUT2D eigenvalue weighted by Crippen LogP contribution is 2.03. The summed E-state index contributed by atoms with van der Waals surface area (Å²) in [5.74, 6) is 0.487. The predicted molar refractivity (Wildman–Crippen MR) is 64.4 cm³/mol. The van der Waals surface area contributed by atoms with Crippen LogP contribution in [0.1, 0.15) is 27.2 Å². The van der Waals surface area contributed by atoms with Crippen LogP contribution in [-0.4, -0.2) is 26.9 Å². The number of hydrogen-bond donors (Lipinski definition) is 1. The lowest BCUT2D eigenvalue weighted by Gasteiger charge is -2.21. The van der Waals surface area contributed by atoms with Crippen molar-refractivity contribution >= 4 is 0 Å². The van der Waals surface area contributed by atoms with Crippen molar-refractivity contribution in [2.75, 3.05) is 6.54 Å². The van der Waals surface area contributed by atoms with Gasteiger partial charge in [-0.05, 0) is 18.9 Å². The van der Waals surface area contributed by atoms with Crippen LogP contribution < -0.4 is 11.0 Å². The first-order chi connectivity index (χ1) is 7.56. The van der Waals surface area contributed by atoms with Gasteiger partial charge in [-0.2, -0.15) is 5.10 Å². The maximum Gasteiger partial charge on any atom is 0.345 e. The monoisotopic (exact) mass is 226 g/mol. The van der Waals surface area contributed by atoms with Gasteiger partial charge in [0, 0.05) is 13.1 Å². The zero-order valence-electron chi connectivity index (χ0n) is 10.6. The number of hydrogen-bond acceptors (Lipinski definition) is 3. The van der Waals surface area contributed by atoms with Crippen molar-refractivity contribution in [3.8, 4) is 0 Å². The molecule has 0 aliphatic heterocycles. The van der Waals surface area contributed by atoms with Gasteiger partial charge in [-0.1, -0.05) is 20.8 Å². The van der Waals surface area contributed by atoms with Crippen molar-refractivity contribution in [2.24, 2.45) is 13.0 Å². The zero-order valence-corrected chi connectivity index (χ0v) is 10.6. The van der Waals surface area contributed by atoms with Crippen molar-refractivity contribution in [3.05, 3.63) is 16.8 Å². The molecule has 0 aliphatic rings. The molecule has 0 aliphatic carbocycles. The Kier molecular flexibility index (Phi) is 4.73. The van der Waals surface area contributed by atoms with Crippen molar-refractivity contribution in [2.45, 2.75) is 39.8 Å². The Hall–Kier alpha value is -1.10. The first-order valence-electron chi connectivity index (χ1n) is 5.88. The van der Waals surface area contributed by atoms with Crippen molar-refractivity contribution in [3.63, 3.8) is 0 Å². The van der Waals surface area contributed by atoms with Gasteiger partial charge in [-0.25, -0.2) is 9.48 Å². The van der Waals surface area contributed by atoms with E-state index in [2.05, 4.69) is 31.2 Å². The quantitative estimate of drug-likeness (QED) is 0.773. The molecule has 1 atom stereocenters. The summed E-state index contributed by atoms with van der Waals surface area (Å²) < 4.78 is 3.02. The first kappa shape index (κ1) is 13.0. The molecule has 92 valence electrons. The van der Waals surface area contributed by atoms with Crippen LogP contribution in [0.2, 0.25) is 0 Å². The molecule has 1 N–H and O–H groups in total. The molecular weight excluding hydrogens is 204 g/mol. The largest absolute Gasteiger partial charge is 0.345 e. The van der Waals surface area contributed by atoms with E-state index in [1.807, 2.05) is 0 Å². The molecule has 1 rings (SSSR count). The molecule has 16 heavy (non-hydrogen) atoms. The third kappa shape index (κ3) is 3.20. The van der Waals surface area contributed by atoms with Crippen LogP contribution in [-0.2, 0) is 13.6 Å². The second kappa shape index (κ2) is 5.84. The second-order valence-electron chi connectivity index (χ2n) is 4.51. The maximum atomic E-state index is 11.6. The van der Waals surface area contributed by atoms with E-state index < -0.39 is 0 Å². The Morgan fingerprint density at radius 1 is 1.50 bits per heavy atom. The summed E-state index contributed by atoms with van der Waals surface area (Å²) in [6.45, 7) is 8.06. The van der Waals surface area contributed by atoms with E-state index in [4.69, 9.17) is 0 Å². The van der Waals surface area contributed by atoms with Gasteiger partial charge in [0.1, 0.15) is 6.33 Å². The average molecular weight is 226 g/mol. The number of nitrogens with one attached hydrogen (secondary N) is 1. The molecule has 1 heterocycles. The van der Waals surface area contributed by atoms with Crippen LogP contribution in [0.15, 0.2) is 11.1 Å². The third-order valence-electron chi connectivity index (χ3n) is 2.72. The van der Waals surface area contributed by atoms with Crippen molar-refractivity contribution in [1.29, 1.82) is 0 Å². The highest BCUT2D eigenvalue weighted by molar-refractivity contribution is 4.74. The SMILES string of the molecule is CCCNC(Cn1ncn(C)c1=O)C(C)C. The lowest BCUT2D eigenvalue weighted by molar-refractivity contribution is 0.338. The molecule has 5 heteroatoms. The van der Waals surface area contributed by atoms with Crippen molar-refractivity contribution < 1.29 is 0 Å². The predicted octanol–water partition coefficient (Wildman–Crippen LogP) is 0.606. The van der Waals surface area contributed by atoms with Crippen LogP contribution in [0, 0.1) is 5.92 Å². The summed E-state index contributed by atoms with van der Waals surface area (Å²) in [5.41, 5.74) is -0.0519. The van der Waals surface area contributed by atoms with E-state index >= 15 is 0 Å². The van der Waals surface area contributed by atoms with Gasteiger partial charge in [-0.15, -0.1) is 0 Å². The van der Waals surface area contributed by atoms with E-state index in [0.29, 0.717) is 18.5 Å². The van der Waals surface area contributed by atoms with Crippen LogP contribution in [0.25, 0.3) is 0 Å². The summed E-state index contributed by atoms with van der Waals surface area (Å²) in [5, 5.41) is 7.52. The van der Waals surface area contributed by atoms with Gasteiger partial charge in [-0.3, -0.25) is 4.57 Å². The normalized spacial score (nSPS) is 13.3.